The van der Waals surface area contributed by atoms with Gasteiger partial charge in [-0.2, -0.15) is 0 Å². The molecule has 3 rings (SSSR count). The molecule has 0 aliphatic rings. The van der Waals surface area contributed by atoms with Crippen molar-refractivity contribution in [3.05, 3.63) is 95.6 Å². The number of rotatable bonds is 13. The van der Waals surface area contributed by atoms with Crippen molar-refractivity contribution in [2.24, 2.45) is 5.92 Å². The highest BCUT2D eigenvalue weighted by Gasteiger charge is 2.33. The van der Waals surface area contributed by atoms with Crippen LogP contribution < -0.4 is 9.62 Å². The van der Waals surface area contributed by atoms with E-state index < -0.39 is 28.5 Å². The zero-order valence-electron chi connectivity index (χ0n) is 24.1. The Bertz CT molecular complexity index is 1360. The Labute approximate surface area is 239 Å². The summed E-state index contributed by atoms with van der Waals surface area (Å²) in [5, 5.41) is 2.95. The van der Waals surface area contributed by atoms with Crippen molar-refractivity contribution < 1.29 is 18.0 Å². The van der Waals surface area contributed by atoms with Gasteiger partial charge in [-0.25, -0.2) is 8.42 Å². The van der Waals surface area contributed by atoms with Gasteiger partial charge in [-0.15, -0.1) is 0 Å². The van der Waals surface area contributed by atoms with E-state index in [4.69, 9.17) is 0 Å². The number of nitrogens with one attached hydrogen (secondary N) is 1. The molecule has 0 heterocycles. The molecule has 214 valence electrons. The van der Waals surface area contributed by atoms with Gasteiger partial charge in [0, 0.05) is 13.1 Å². The van der Waals surface area contributed by atoms with Crippen LogP contribution in [0.5, 0.6) is 0 Å². The van der Waals surface area contributed by atoms with Crippen LogP contribution in [-0.2, 0) is 32.6 Å². The number of hydrogen-bond acceptors (Lipinski definition) is 4. The van der Waals surface area contributed by atoms with Crippen LogP contribution in [0, 0.1) is 12.8 Å². The molecular weight excluding hydrogens is 522 g/mol. The van der Waals surface area contributed by atoms with Gasteiger partial charge in [-0.3, -0.25) is 13.9 Å². The Hall–Kier alpha value is -3.65. The maximum Gasteiger partial charge on any atom is 0.264 e. The maximum atomic E-state index is 14.1. The van der Waals surface area contributed by atoms with Gasteiger partial charge in [-0.05, 0) is 61.1 Å². The van der Waals surface area contributed by atoms with E-state index >= 15 is 0 Å². The van der Waals surface area contributed by atoms with Crippen molar-refractivity contribution >= 4 is 27.5 Å². The van der Waals surface area contributed by atoms with Gasteiger partial charge in [-0.1, -0.05) is 87.9 Å². The van der Waals surface area contributed by atoms with Gasteiger partial charge in [0.15, 0.2) is 0 Å². The molecule has 0 aliphatic heterocycles. The zero-order valence-corrected chi connectivity index (χ0v) is 24.9. The SMILES string of the molecule is CCc1ccc(N(CC(=O)N(Cc2ccc(C)cc2)[C@@H](CC)C(=O)NCC(C)C)S(=O)(=O)c2ccccc2)cc1. The third-order valence-electron chi connectivity index (χ3n) is 6.79. The van der Waals surface area contributed by atoms with E-state index in [0.29, 0.717) is 18.7 Å². The van der Waals surface area contributed by atoms with Gasteiger partial charge in [0.2, 0.25) is 11.8 Å². The zero-order chi connectivity index (χ0) is 29.3. The molecule has 0 bridgehead atoms. The summed E-state index contributed by atoms with van der Waals surface area (Å²) >= 11 is 0. The predicted octanol–water partition coefficient (Wildman–Crippen LogP) is 5.33. The van der Waals surface area contributed by atoms with E-state index in [9.17, 15) is 18.0 Å². The molecule has 0 unspecified atom stereocenters. The van der Waals surface area contributed by atoms with E-state index in [0.717, 1.165) is 27.4 Å². The first kappa shape index (κ1) is 30.9. The number of amides is 2. The normalized spacial score (nSPS) is 12.2. The molecule has 8 heteroatoms. The second kappa shape index (κ2) is 14.1. The number of sulfonamides is 1. The van der Waals surface area contributed by atoms with Gasteiger partial charge in [0.25, 0.3) is 10.0 Å². The third kappa shape index (κ3) is 7.94. The lowest BCUT2D eigenvalue weighted by Crippen LogP contribution is -2.52. The Morgan fingerprint density at radius 3 is 2.00 bits per heavy atom. The van der Waals surface area contributed by atoms with E-state index in [1.54, 1.807) is 30.3 Å². The van der Waals surface area contributed by atoms with E-state index in [-0.39, 0.29) is 23.3 Å². The molecule has 40 heavy (non-hydrogen) atoms. The highest BCUT2D eigenvalue weighted by atomic mass is 32.2. The van der Waals surface area contributed by atoms with Crippen LogP contribution in [0.2, 0.25) is 0 Å². The van der Waals surface area contributed by atoms with Crippen LogP contribution in [0.1, 0.15) is 50.8 Å². The van der Waals surface area contributed by atoms with Gasteiger partial charge < -0.3 is 10.2 Å². The fourth-order valence-corrected chi connectivity index (χ4v) is 5.81. The molecule has 0 aliphatic carbocycles. The summed E-state index contributed by atoms with van der Waals surface area (Å²) in [5.41, 5.74) is 3.39. The first-order valence-corrected chi connectivity index (χ1v) is 15.3. The lowest BCUT2D eigenvalue weighted by atomic mass is 10.1. The maximum absolute atomic E-state index is 14.1. The van der Waals surface area contributed by atoms with Crippen molar-refractivity contribution in [2.75, 3.05) is 17.4 Å². The summed E-state index contributed by atoms with van der Waals surface area (Å²) in [7, 11) is -4.07. The van der Waals surface area contributed by atoms with Gasteiger partial charge >= 0.3 is 0 Å². The van der Waals surface area contributed by atoms with Crippen LogP contribution in [0.25, 0.3) is 0 Å². The average Bonchev–Trinajstić information content (AvgIpc) is 2.96. The minimum absolute atomic E-state index is 0.0918. The molecule has 0 aromatic heterocycles. The molecule has 1 N–H and O–H groups in total. The second-order valence-corrected chi connectivity index (χ2v) is 12.3. The van der Waals surface area contributed by atoms with Crippen LogP contribution in [0.3, 0.4) is 0 Å². The van der Waals surface area contributed by atoms with Gasteiger partial charge in [0.05, 0.1) is 10.6 Å². The van der Waals surface area contributed by atoms with E-state index in [1.165, 1.54) is 17.0 Å². The van der Waals surface area contributed by atoms with E-state index in [2.05, 4.69) is 5.32 Å². The topological polar surface area (TPSA) is 86.8 Å². The standard InChI is InChI=1S/C32H41N3O4S/c1-6-26-17-19-28(20-18-26)35(40(38,39)29-11-9-8-10-12-29)23-31(36)34(22-27-15-13-25(5)14-16-27)30(7-2)32(37)33-21-24(3)4/h8-20,24,30H,6-7,21-23H2,1-5H3,(H,33,37)/t30-/m0/s1. The lowest BCUT2D eigenvalue weighted by Gasteiger charge is -2.33. The number of nitrogens with zero attached hydrogens (tertiary/aromatic N) is 2. The number of benzene rings is 3. The largest absolute Gasteiger partial charge is 0.354 e. The minimum Gasteiger partial charge on any atom is -0.354 e. The highest BCUT2D eigenvalue weighted by molar-refractivity contribution is 7.92. The number of anilines is 1. The summed E-state index contributed by atoms with van der Waals surface area (Å²) in [6.07, 6.45) is 1.19. The Kier molecular flexibility index (Phi) is 10.9. The molecule has 0 spiro atoms. The molecule has 1 atom stereocenters. The van der Waals surface area contributed by atoms with E-state index in [1.807, 2.05) is 71.0 Å². The molecule has 0 saturated carbocycles. The molecule has 7 nitrogen and oxygen atoms in total. The predicted molar refractivity (Wildman–Crippen MR) is 160 cm³/mol. The fourth-order valence-electron chi connectivity index (χ4n) is 4.38. The average molecular weight is 564 g/mol. The molecule has 0 saturated heterocycles. The smallest absolute Gasteiger partial charge is 0.264 e. The third-order valence-corrected chi connectivity index (χ3v) is 8.57. The first-order chi connectivity index (χ1) is 19.1. The molecular formula is C32H41N3O4S. The monoisotopic (exact) mass is 563 g/mol. The summed E-state index contributed by atoms with van der Waals surface area (Å²) < 4.78 is 28.9. The van der Waals surface area contributed by atoms with Crippen molar-refractivity contribution in [1.82, 2.24) is 10.2 Å². The number of aryl methyl sites for hydroxylation is 2. The Balaban J connectivity index is 2.03. The van der Waals surface area contributed by atoms with Crippen LogP contribution in [-0.4, -0.2) is 44.3 Å². The Morgan fingerprint density at radius 1 is 0.850 bits per heavy atom. The molecule has 0 fully saturated rings. The van der Waals surface area contributed by atoms with Crippen molar-refractivity contribution in [3.63, 3.8) is 0 Å². The summed E-state index contributed by atoms with van der Waals surface area (Å²) in [6, 6.07) is 22.3. The lowest BCUT2D eigenvalue weighted by molar-refractivity contribution is -0.140. The Morgan fingerprint density at radius 2 is 1.45 bits per heavy atom. The van der Waals surface area contributed by atoms with Crippen molar-refractivity contribution in [2.45, 2.75) is 64.9 Å². The van der Waals surface area contributed by atoms with Crippen molar-refractivity contribution in [1.29, 1.82) is 0 Å². The highest BCUT2D eigenvalue weighted by Crippen LogP contribution is 2.25. The summed E-state index contributed by atoms with van der Waals surface area (Å²) in [6.45, 7) is 10.1. The number of hydrogen-bond donors (Lipinski definition) is 1. The van der Waals surface area contributed by atoms with Crippen LogP contribution in [0.4, 0.5) is 5.69 Å². The van der Waals surface area contributed by atoms with Crippen LogP contribution in [0.15, 0.2) is 83.8 Å². The number of carbonyl (C=O) groups is 2. The molecule has 3 aromatic carbocycles. The van der Waals surface area contributed by atoms with Gasteiger partial charge in [0.1, 0.15) is 12.6 Å². The minimum atomic E-state index is -4.07. The second-order valence-electron chi connectivity index (χ2n) is 10.4. The molecule has 2 amide bonds. The quantitative estimate of drug-likeness (QED) is 0.305. The summed E-state index contributed by atoms with van der Waals surface area (Å²) in [5.74, 6) is -0.451. The molecule has 0 radical (unpaired) electrons. The van der Waals surface area contributed by atoms with Crippen LogP contribution >= 0.6 is 0 Å². The molecule has 3 aromatic rings. The number of carbonyl (C=O) groups excluding carboxylic acids is 2. The summed E-state index contributed by atoms with van der Waals surface area (Å²) in [4.78, 5) is 29.0. The fraction of sp³-hybridized carbons (Fsp3) is 0.375. The first-order valence-electron chi connectivity index (χ1n) is 13.9. The van der Waals surface area contributed by atoms with Crippen molar-refractivity contribution in [3.8, 4) is 0 Å².